The lowest BCUT2D eigenvalue weighted by Crippen LogP contribution is -2.58. The maximum atomic E-state index is 17.5. The number of rotatable bonds is 7. The highest BCUT2D eigenvalue weighted by molar-refractivity contribution is 6.03. The van der Waals surface area contributed by atoms with Crippen LogP contribution in [-0.2, 0) is 6.18 Å². The molecule has 5 aliphatic heterocycles. The van der Waals surface area contributed by atoms with Crippen molar-refractivity contribution in [3.8, 4) is 35.5 Å². The number of aromatic nitrogens is 5. The van der Waals surface area contributed by atoms with E-state index in [9.17, 15) is 13.2 Å². The molecule has 2 bridgehead atoms. The molecule has 15 heteroatoms. The van der Waals surface area contributed by atoms with Gasteiger partial charge in [0.15, 0.2) is 11.5 Å². The Morgan fingerprint density at radius 2 is 1.86 bits per heavy atom. The third-order valence-corrected chi connectivity index (χ3v) is 13.2. The molecule has 0 aliphatic carbocycles. The quantitative estimate of drug-likeness (QED) is 0.131. The van der Waals surface area contributed by atoms with Crippen LogP contribution in [0.5, 0.6) is 11.9 Å². The lowest BCUT2D eigenvalue weighted by molar-refractivity contribution is -0.141. The SMILES string of the molecule is C#Cc1c(F)ccc2cccc(-c3nc4c5c(nc(OC[C@@]67CCCN6[C@H](COc6cc(C(F)(F)F)ncn6)CC7)nc5c3F)N3C[C@H]5CC[C@H](N5)[C@H]3CC[C@H]4C)c12. The second-order valence-electron chi connectivity index (χ2n) is 16.5. The number of hydrogen-bond donors (Lipinski definition) is 1. The molecular formula is C43H41F5N8O2. The van der Waals surface area contributed by atoms with E-state index >= 15 is 8.78 Å². The van der Waals surface area contributed by atoms with Crippen LogP contribution in [0.3, 0.4) is 0 Å². The van der Waals surface area contributed by atoms with E-state index in [1.165, 1.54) is 6.07 Å². The number of hydrogen-bond acceptors (Lipinski definition) is 10. The van der Waals surface area contributed by atoms with Crippen LogP contribution in [0.25, 0.3) is 32.9 Å². The fourth-order valence-corrected chi connectivity index (χ4v) is 10.4. The van der Waals surface area contributed by atoms with Gasteiger partial charge in [-0.05, 0) is 75.3 Å². The van der Waals surface area contributed by atoms with Crippen molar-refractivity contribution in [1.82, 2.24) is 35.1 Å². The monoisotopic (exact) mass is 796 g/mol. The zero-order valence-electron chi connectivity index (χ0n) is 31.8. The summed E-state index contributed by atoms with van der Waals surface area (Å²) >= 11 is 0. The minimum Gasteiger partial charge on any atom is -0.476 e. The average Bonchev–Trinajstić information content (AvgIpc) is 3.92. The highest BCUT2D eigenvalue weighted by Gasteiger charge is 2.50. The first-order chi connectivity index (χ1) is 28.0. The predicted octanol–water partition coefficient (Wildman–Crippen LogP) is 7.57. The van der Waals surface area contributed by atoms with Crippen molar-refractivity contribution in [2.45, 2.75) is 100 Å². The van der Waals surface area contributed by atoms with Gasteiger partial charge in [0, 0.05) is 47.7 Å². The van der Waals surface area contributed by atoms with Gasteiger partial charge in [-0.15, -0.1) is 6.42 Å². The molecule has 58 heavy (non-hydrogen) atoms. The van der Waals surface area contributed by atoms with E-state index in [0.717, 1.165) is 70.3 Å². The zero-order valence-corrected chi connectivity index (χ0v) is 31.8. The lowest BCUT2D eigenvalue weighted by Gasteiger charge is -2.44. The molecule has 0 amide bonds. The highest BCUT2D eigenvalue weighted by atomic mass is 19.4. The summed E-state index contributed by atoms with van der Waals surface area (Å²) in [5.41, 5.74) is -0.211. The molecule has 10 nitrogen and oxygen atoms in total. The molecule has 5 aliphatic rings. The standard InChI is InChI=1S/C43H41F5N8O2/c1-3-27-29(44)11-9-24-6-4-7-28(34(24)27)38-36(45)39-35-37(52-38)23(2)8-13-31-30-12-10-25(51-30)19-55(31)40(35)54-41(53-39)58-21-42-15-5-17-56(42)26(14-16-42)20-57-33-18-32(43(46,47)48)49-22-50-33/h1,4,6-7,9,11,18,22-23,25-26,30-31,51H,5,8,10,12-17,19-21H2,2H3/t23-,25-,26+,30+,31-,42+/m1/s1. The fourth-order valence-electron chi connectivity index (χ4n) is 10.4. The van der Waals surface area contributed by atoms with Crippen LogP contribution in [-0.4, -0.2) is 85.8 Å². The van der Waals surface area contributed by atoms with Crippen LogP contribution in [0.15, 0.2) is 42.7 Å². The Morgan fingerprint density at radius 3 is 2.71 bits per heavy atom. The van der Waals surface area contributed by atoms with Crippen molar-refractivity contribution in [3.63, 3.8) is 0 Å². The molecule has 5 aromatic rings. The average molecular weight is 797 g/mol. The van der Waals surface area contributed by atoms with Crippen molar-refractivity contribution in [2.24, 2.45) is 0 Å². The number of terminal acetylenes is 1. The van der Waals surface area contributed by atoms with Gasteiger partial charge in [0.2, 0.25) is 5.88 Å². The summed E-state index contributed by atoms with van der Waals surface area (Å²) < 4.78 is 84.9. The van der Waals surface area contributed by atoms with Crippen LogP contribution in [0.1, 0.15) is 81.2 Å². The number of pyridine rings is 1. The van der Waals surface area contributed by atoms with Gasteiger partial charge < -0.3 is 19.7 Å². The number of nitrogens with zero attached hydrogens (tertiary/aromatic N) is 7. The Bertz CT molecular complexity index is 2490. The van der Waals surface area contributed by atoms with Crippen molar-refractivity contribution >= 4 is 27.5 Å². The van der Waals surface area contributed by atoms with Gasteiger partial charge in [0.1, 0.15) is 42.4 Å². The van der Waals surface area contributed by atoms with Gasteiger partial charge in [0.25, 0.3) is 0 Å². The van der Waals surface area contributed by atoms with Gasteiger partial charge in [-0.1, -0.05) is 37.1 Å². The first-order valence-electron chi connectivity index (χ1n) is 20.0. The van der Waals surface area contributed by atoms with E-state index in [4.69, 9.17) is 30.8 Å². The normalized spacial score (nSPS) is 26.6. The second-order valence-corrected chi connectivity index (χ2v) is 16.5. The van der Waals surface area contributed by atoms with E-state index in [-0.39, 0.29) is 72.0 Å². The van der Waals surface area contributed by atoms with Crippen molar-refractivity contribution in [1.29, 1.82) is 0 Å². The first kappa shape index (κ1) is 37.1. The molecule has 4 saturated heterocycles. The van der Waals surface area contributed by atoms with Gasteiger partial charge >= 0.3 is 12.2 Å². The summed E-state index contributed by atoms with van der Waals surface area (Å²) in [7, 11) is 0. The summed E-state index contributed by atoms with van der Waals surface area (Å²) in [6, 6.07) is 9.75. The van der Waals surface area contributed by atoms with Crippen molar-refractivity contribution < 1.29 is 31.4 Å². The molecule has 2 aromatic carbocycles. The van der Waals surface area contributed by atoms with E-state index in [1.807, 2.05) is 6.07 Å². The van der Waals surface area contributed by atoms with Crippen LogP contribution < -0.4 is 19.7 Å². The Labute approximate surface area is 331 Å². The number of anilines is 1. The van der Waals surface area contributed by atoms with Gasteiger partial charge in [0.05, 0.1) is 22.2 Å². The first-order valence-corrected chi connectivity index (χ1v) is 20.0. The molecule has 8 heterocycles. The Balaban J connectivity index is 1.04. The van der Waals surface area contributed by atoms with E-state index in [2.05, 4.69) is 37.9 Å². The fraction of sp³-hybridized carbons (Fsp3) is 0.465. The van der Waals surface area contributed by atoms with Crippen LogP contribution >= 0.6 is 0 Å². The van der Waals surface area contributed by atoms with E-state index in [0.29, 0.717) is 39.8 Å². The van der Waals surface area contributed by atoms with Gasteiger partial charge in [-0.25, -0.2) is 23.7 Å². The topological polar surface area (TPSA) is 101 Å². The number of piperazine rings is 1. The van der Waals surface area contributed by atoms with Gasteiger partial charge in [-0.3, -0.25) is 4.90 Å². The Hall–Kier alpha value is -5.20. The summed E-state index contributed by atoms with van der Waals surface area (Å²) in [5, 5.41) is 5.43. The number of alkyl halides is 3. The lowest BCUT2D eigenvalue weighted by atomic mass is 9.88. The molecule has 10 rings (SSSR count). The highest BCUT2D eigenvalue weighted by Crippen LogP contribution is 2.46. The molecule has 0 spiro atoms. The molecule has 4 fully saturated rings. The summed E-state index contributed by atoms with van der Waals surface area (Å²) in [4.78, 5) is 26.9. The molecule has 3 aromatic heterocycles. The second kappa shape index (κ2) is 14.0. The molecule has 0 radical (unpaired) electrons. The zero-order chi connectivity index (χ0) is 39.9. The number of halogens is 5. The van der Waals surface area contributed by atoms with Crippen LogP contribution in [0.4, 0.5) is 27.8 Å². The van der Waals surface area contributed by atoms with Crippen molar-refractivity contribution in [2.75, 3.05) is 31.2 Å². The summed E-state index contributed by atoms with van der Waals surface area (Å²) in [6.45, 7) is 3.95. The maximum absolute atomic E-state index is 17.5. The molecule has 0 saturated carbocycles. The number of nitrogens with one attached hydrogen (secondary N) is 1. The summed E-state index contributed by atoms with van der Waals surface area (Å²) in [5.74, 6) is 1.66. The number of ether oxygens (including phenoxy) is 2. The van der Waals surface area contributed by atoms with Crippen LogP contribution in [0.2, 0.25) is 0 Å². The Morgan fingerprint density at radius 1 is 0.983 bits per heavy atom. The van der Waals surface area contributed by atoms with E-state index in [1.54, 1.807) is 18.2 Å². The van der Waals surface area contributed by atoms with E-state index < -0.39 is 29.0 Å². The minimum atomic E-state index is -4.61. The molecule has 6 atom stereocenters. The molecule has 1 N–H and O–H groups in total. The van der Waals surface area contributed by atoms with Crippen molar-refractivity contribution in [3.05, 3.63) is 71.3 Å². The third-order valence-electron chi connectivity index (χ3n) is 13.2. The largest absolute Gasteiger partial charge is 0.476 e. The third kappa shape index (κ3) is 6.09. The molecular weight excluding hydrogens is 756 g/mol. The predicted molar refractivity (Wildman–Crippen MR) is 207 cm³/mol. The summed E-state index contributed by atoms with van der Waals surface area (Å²) in [6.07, 6.45) is 9.12. The number of fused-ring (bicyclic) bond motifs is 7. The van der Waals surface area contributed by atoms with Gasteiger partial charge in [-0.2, -0.15) is 23.1 Å². The minimum absolute atomic E-state index is 0.0420. The number of benzene rings is 2. The molecule has 300 valence electrons. The Kier molecular flexibility index (Phi) is 8.94. The molecule has 0 unspecified atom stereocenters. The smallest absolute Gasteiger partial charge is 0.433 e. The van der Waals surface area contributed by atoms with Crippen LogP contribution in [0, 0.1) is 24.0 Å². The maximum Gasteiger partial charge on any atom is 0.433 e.